The molecular formula is C10H8Br2ClFO3. The Morgan fingerprint density at radius 2 is 2.24 bits per heavy atom. The second-order valence-electron chi connectivity index (χ2n) is 3.00. The summed E-state index contributed by atoms with van der Waals surface area (Å²) in [6.45, 7) is 0.0202. The predicted molar refractivity (Wildman–Crippen MR) is 69.3 cm³/mol. The molecule has 1 rings (SSSR count). The van der Waals surface area contributed by atoms with Crippen molar-refractivity contribution in [1.82, 2.24) is 0 Å². The molecule has 3 nitrogen and oxygen atoms in total. The van der Waals surface area contributed by atoms with Crippen LogP contribution in [0.3, 0.4) is 0 Å². The molecule has 1 aromatic carbocycles. The van der Waals surface area contributed by atoms with Crippen molar-refractivity contribution in [3.05, 3.63) is 27.4 Å². The minimum atomic E-state index is -0.613. The quantitative estimate of drug-likeness (QED) is 0.448. The molecule has 0 aromatic heterocycles. The number of benzene rings is 1. The summed E-state index contributed by atoms with van der Waals surface area (Å²) in [6, 6.07) is 2.52. The maximum Gasteiger partial charge on any atom is 0.322 e. The van der Waals surface area contributed by atoms with Gasteiger partial charge in [-0.25, -0.2) is 4.39 Å². The first-order valence-electron chi connectivity index (χ1n) is 4.45. The average Bonchev–Trinajstić information content (AvgIpc) is 2.30. The number of halogens is 4. The molecule has 0 N–H and O–H groups in total. The summed E-state index contributed by atoms with van der Waals surface area (Å²) in [4.78, 5) is 10.5. The van der Waals surface area contributed by atoms with Gasteiger partial charge in [-0.2, -0.15) is 0 Å². The van der Waals surface area contributed by atoms with Crippen LogP contribution in [-0.2, 0) is 9.53 Å². The maximum atomic E-state index is 13.2. The fourth-order valence-corrected chi connectivity index (χ4v) is 2.05. The second-order valence-corrected chi connectivity index (χ2v) is 5.37. The maximum absolute atomic E-state index is 13.2. The molecule has 0 spiro atoms. The summed E-state index contributed by atoms with van der Waals surface area (Å²) in [5.41, 5.74) is 0. The number of esters is 1. The summed E-state index contributed by atoms with van der Waals surface area (Å²) < 4.78 is 23.4. The molecule has 0 bridgehead atoms. The number of rotatable bonds is 4. The summed E-state index contributed by atoms with van der Waals surface area (Å²) in [6.07, 6.45) is 0. The number of carbonyl (C=O) groups is 1. The number of hydrogen-bond acceptors (Lipinski definition) is 3. The van der Waals surface area contributed by atoms with E-state index in [4.69, 9.17) is 16.3 Å². The molecule has 0 heterocycles. The second kappa shape index (κ2) is 6.56. The van der Waals surface area contributed by atoms with Gasteiger partial charge in [0.05, 0.1) is 16.6 Å². The van der Waals surface area contributed by atoms with Crippen LogP contribution in [0.15, 0.2) is 16.6 Å². The summed E-state index contributed by atoms with van der Waals surface area (Å²) in [5.74, 6) is -0.787. The molecule has 0 saturated carbocycles. The summed E-state index contributed by atoms with van der Waals surface area (Å²) in [5, 5.41) is -0.00687. The lowest BCUT2D eigenvalue weighted by molar-refractivity contribution is -0.140. The van der Waals surface area contributed by atoms with Crippen molar-refractivity contribution < 1.29 is 18.7 Å². The van der Waals surface area contributed by atoms with E-state index in [0.717, 1.165) is 6.07 Å². The Balaban J connectivity index is 2.70. The normalized spacial score (nSPS) is 12.1. The van der Waals surface area contributed by atoms with E-state index in [-0.39, 0.29) is 17.4 Å². The lowest BCUT2D eigenvalue weighted by Crippen LogP contribution is -2.23. The molecule has 0 amide bonds. The predicted octanol–water partition coefficient (Wildman–Crippen LogP) is 3.56. The topological polar surface area (TPSA) is 35.5 Å². The van der Waals surface area contributed by atoms with E-state index in [1.165, 1.54) is 13.2 Å². The number of carbonyl (C=O) groups excluding carboxylic acids is 1. The molecule has 1 unspecified atom stereocenters. The highest BCUT2D eigenvalue weighted by Gasteiger charge is 2.17. The van der Waals surface area contributed by atoms with Crippen LogP contribution in [-0.4, -0.2) is 24.5 Å². The van der Waals surface area contributed by atoms with Gasteiger partial charge in [-0.3, -0.25) is 4.79 Å². The molecule has 17 heavy (non-hydrogen) atoms. The molecule has 0 saturated heterocycles. The Hall–Kier alpha value is -0.330. The van der Waals surface area contributed by atoms with Crippen molar-refractivity contribution in [2.45, 2.75) is 4.83 Å². The van der Waals surface area contributed by atoms with Crippen LogP contribution in [0.1, 0.15) is 0 Å². The van der Waals surface area contributed by atoms with Gasteiger partial charge in [0.1, 0.15) is 23.0 Å². The molecule has 1 aromatic rings. The fraction of sp³-hybridized carbons (Fsp3) is 0.300. The zero-order chi connectivity index (χ0) is 13.0. The Bertz CT molecular complexity index is 428. The van der Waals surface area contributed by atoms with Crippen LogP contribution in [0.5, 0.6) is 5.75 Å². The smallest absolute Gasteiger partial charge is 0.322 e. The molecule has 0 aliphatic rings. The van der Waals surface area contributed by atoms with Gasteiger partial charge >= 0.3 is 5.97 Å². The SMILES string of the molecule is COC(=O)C(Br)COc1cc(F)c(Cl)cc1Br. The number of methoxy groups -OCH3 is 1. The van der Waals surface area contributed by atoms with Crippen LogP contribution in [0, 0.1) is 5.82 Å². The monoisotopic (exact) mass is 388 g/mol. The van der Waals surface area contributed by atoms with E-state index < -0.39 is 16.6 Å². The largest absolute Gasteiger partial charge is 0.491 e. The van der Waals surface area contributed by atoms with Gasteiger partial charge in [0, 0.05) is 6.07 Å². The third kappa shape index (κ3) is 4.12. The van der Waals surface area contributed by atoms with Gasteiger partial charge in [-0.15, -0.1) is 0 Å². The van der Waals surface area contributed by atoms with Crippen molar-refractivity contribution >= 4 is 49.4 Å². The van der Waals surface area contributed by atoms with Crippen molar-refractivity contribution in [3.63, 3.8) is 0 Å². The summed E-state index contributed by atoms with van der Waals surface area (Å²) in [7, 11) is 1.27. The molecule has 1 atom stereocenters. The van der Waals surface area contributed by atoms with Gasteiger partial charge < -0.3 is 9.47 Å². The van der Waals surface area contributed by atoms with Crippen molar-refractivity contribution in [1.29, 1.82) is 0 Å². The van der Waals surface area contributed by atoms with Gasteiger partial charge in [0.25, 0.3) is 0 Å². The Morgan fingerprint density at radius 1 is 1.59 bits per heavy atom. The van der Waals surface area contributed by atoms with E-state index in [2.05, 4.69) is 36.6 Å². The van der Waals surface area contributed by atoms with Crippen molar-refractivity contribution in [2.75, 3.05) is 13.7 Å². The third-order valence-electron chi connectivity index (χ3n) is 1.82. The van der Waals surface area contributed by atoms with Gasteiger partial charge in [-0.05, 0) is 22.0 Å². The Morgan fingerprint density at radius 3 is 2.82 bits per heavy atom. The van der Waals surface area contributed by atoms with Gasteiger partial charge in [-0.1, -0.05) is 27.5 Å². The fourth-order valence-electron chi connectivity index (χ4n) is 0.974. The lowest BCUT2D eigenvalue weighted by Gasteiger charge is -2.11. The highest BCUT2D eigenvalue weighted by atomic mass is 79.9. The number of hydrogen-bond donors (Lipinski definition) is 0. The first-order valence-corrected chi connectivity index (χ1v) is 6.53. The first-order chi connectivity index (χ1) is 7.95. The molecule has 0 fully saturated rings. The molecule has 0 aliphatic carbocycles. The number of ether oxygens (including phenoxy) is 2. The van der Waals surface area contributed by atoms with E-state index >= 15 is 0 Å². The lowest BCUT2D eigenvalue weighted by atomic mass is 10.3. The minimum absolute atomic E-state index is 0.00687. The minimum Gasteiger partial charge on any atom is -0.491 e. The zero-order valence-electron chi connectivity index (χ0n) is 8.68. The van der Waals surface area contributed by atoms with Crippen LogP contribution in [0.2, 0.25) is 5.02 Å². The standard InChI is InChI=1S/C10H8Br2ClFO3/c1-16-10(15)6(12)4-17-9-3-8(14)7(13)2-5(9)11/h2-3,6H,4H2,1H3. The van der Waals surface area contributed by atoms with E-state index in [1.807, 2.05) is 0 Å². The Labute approximate surface area is 119 Å². The zero-order valence-corrected chi connectivity index (χ0v) is 12.6. The molecular weight excluding hydrogens is 382 g/mol. The van der Waals surface area contributed by atoms with Gasteiger partial charge in [0.2, 0.25) is 0 Å². The van der Waals surface area contributed by atoms with Gasteiger partial charge in [0.15, 0.2) is 0 Å². The molecule has 0 aliphatic heterocycles. The molecule has 94 valence electrons. The van der Waals surface area contributed by atoms with Crippen molar-refractivity contribution in [2.24, 2.45) is 0 Å². The van der Waals surface area contributed by atoms with E-state index in [0.29, 0.717) is 4.47 Å². The van der Waals surface area contributed by atoms with E-state index in [1.54, 1.807) is 0 Å². The average molecular weight is 390 g/mol. The van der Waals surface area contributed by atoms with Crippen LogP contribution < -0.4 is 4.74 Å². The highest BCUT2D eigenvalue weighted by Crippen LogP contribution is 2.30. The van der Waals surface area contributed by atoms with E-state index in [9.17, 15) is 9.18 Å². The highest BCUT2D eigenvalue weighted by molar-refractivity contribution is 9.10. The third-order valence-corrected chi connectivity index (χ3v) is 3.36. The van der Waals surface area contributed by atoms with Crippen LogP contribution in [0.25, 0.3) is 0 Å². The van der Waals surface area contributed by atoms with Crippen LogP contribution in [0.4, 0.5) is 4.39 Å². The van der Waals surface area contributed by atoms with Crippen LogP contribution >= 0.6 is 43.5 Å². The number of alkyl halides is 1. The molecule has 7 heteroatoms. The van der Waals surface area contributed by atoms with Crippen molar-refractivity contribution in [3.8, 4) is 5.75 Å². The molecule has 0 radical (unpaired) electrons. The first kappa shape index (κ1) is 14.7. The Kier molecular flexibility index (Phi) is 5.69. The summed E-state index contributed by atoms with van der Waals surface area (Å²) >= 11 is 11.8.